The molecule has 1 aromatic heterocycles. The lowest BCUT2D eigenvalue weighted by Crippen LogP contribution is -2.42. The summed E-state index contributed by atoms with van der Waals surface area (Å²) in [6.45, 7) is 2.81. The third-order valence-corrected chi connectivity index (χ3v) is 3.15. The third-order valence-electron chi connectivity index (χ3n) is 2.86. The van der Waals surface area contributed by atoms with Gasteiger partial charge in [0.15, 0.2) is 0 Å². The fraction of sp³-hybridized carbons (Fsp3) is 0.286. The van der Waals surface area contributed by atoms with Gasteiger partial charge in [0.25, 0.3) is 0 Å². The van der Waals surface area contributed by atoms with Crippen LogP contribution < -0.4 is 10.6 Å². The number of hydrogen-bond acceptors (Lipinski definition) is 2. The lowest BCUT2D eigenvalue weighted by Gasteiger charge is -2.15. The van der Waals surface area contributed by atoms with Gasteiger partial charge in [-0.05, 0) is 24.6 Å². The Balaban J connectivity index is 1.77. The van der Waals surface area contributed by atoms with E-state index in [9.17, 15) is 9.18 Å². The van der Waals surface area contributed by atoms with E-state index in [1.807, 2.05) is 17.7 Å². The van der Waals surface area contributed by atoms with Crippen molar-refractivity contribution >= 4 is 17.6 Å². The number of carbonyl (C=O) groups is 1. The maximum Gasteiger partial charge on any atom is 0.315 e. The number of urea groups is 1. The summed E-state index contributed by atoms with van der Waals surface area (Å²) in [7, 11) is 0. The number of aromatic nitrogens is 2. The van der Waals surface area contributed by atoms with Crippen molar-refractivity contribution in [1.82, 2.24) is 20.2 Å². The number of hydrogen-bond donors (Lipinski definition) is 2. The SMILES string of the molecule is C[C@@H](Cn1ccnc1)NC(=O)NCc1ccc(F)c(Cl)c1. The summed E-state index contributed by atoms with van der Waals surface area (Å²) in [5.41, 5.74) is 0.735. The summed E-state index contributed by atoms with van der Waals surface area (Å²) in [5, 5.41) is 5.55. The van der Waals surface area contributed by atoms with Crippen LogP contribution in [0.4, 0.5) is 9.18 Å². The molecule has 7 heteroatoms. The minimum atomic E-state index is -0.473. The summed E-state index contributed by atoms with van der Waals surface area (Å²) in [5.74, 6) is -0.473. The number of nitrogens with one attached hydrogen (secondary N) is 2. The quantitative estimate of drug-likeness (QED) is 0.891. The maximum absolute atomic E-state index is 13.0. The Morgan fingerprint density at radius 3 is 3.00 bits per heavy atom. The van der Waals surface area contributed by atoms with Gasteiger partial charge >= 0.3 is 6.03 Å². The normalized spacial score (nSPS) is 12.0. The van der Waals surface area contributed by atoms with E-state index in [1.54, 1.807) is 18.6 Å². The van der Waals surface area contributed by atoms with E-state index >= 15 is 0 Å². The maximum atomic E-state index is 13.0. The van der Waals surface area contributed by atoms with Crippen LogP contribution in [0, 0.1) is 5.82 Å². The van der Waals surface area contributed by atoms with Gasteiger partial charge in [0.2, 0.25) is 0 Å². The third kappa shape index (κ3) is 4.75. The van der Waals surface area contributed by atoms with Gasteiger partial charge in [-0.2, -0.15) is 0 Å². The first kappa shape index (κ1) is 15.3. The second-order valence-corrected chi connectivity index (χ2v) is 5.14. The van der Waals surface area contributed by atoms with Gasteiger partial charge in [-0.3, -0.25) is 0 Å². The summed E-state index contributed by atoms with van der Waals surface area (Å²) < 4.78 is 14.9. The molecule has 1 atom stereocenters. The number of rotatable bonds is 5. The Hall–Kier alpha value is -2.08. The molecule has 0 aliphatic carbocycles. The van der Waals surface area contributed by atoms with Crippen molar-refractivity contribution < 1.29 is 9.18 Å². The number of halogens is 2. The first-order valence-corrected chi connectivity index (χ1v) is 6.86. The van der Waals surface area contributed by atoms with E-state index in [0.717, 1.165) is 5.56 Å². The molecule has 0 radical (unpaired) electrons. The molecule has 0 unspecified atom stereocenters. The van der Waals surface area contributed by atoms with Gasteiger partial charge in [0.05, 0.1) is 11.3 Å². The van der Waals surface area contributed by atoms with Crippen molar-refractivity contribution in [2.75, 3.05) is 0 Å². The van der Waals surface area contributed by atoms with E-state index < -0.39 is 5.82 Å². The van der Waals surface area contributed by atoms with Crippen molar-refractivity contribution in [3.05, 3.63) is 53.3 Å². The van der Waals surface area contributed by atoms with Gasteiger partial charge in [-0.1, -0.05) is 17.7 Å². The van der Waals surface area contributed by atoms with E-state index in [-0.39, 0.29) is 23.6 Å². The van der Waals surface area contributed by atoms with Crippen LogP contribution in [0.3, 0.4) is 0 Å². The molecule has 1 heterocycles. The van der Waals surface area contributed by atoms with Crippen molar-refractivity contribution in [3.8, 4) is 0 Å². The first-order valence-electron chi connectivity index (χ1n) is 6.48. The second kappa shape index (κ2) is 7.08. The van der Waals surface area contributed by atoms with Crippen molar-refractivity contribution in [3.63, 3.8) is 0 Å². The minimum absolute atomic E-state index is 0.0446. The highest BCUT2D eigenvalue weighted by atomic mass is 35.5. The molecule has 0 saturated carbocycles. The van der Waals surface area contributed by atoms with Crippen LogP contribution >= 0.6 is 11.6 Å². The highest BCUT2D eigenvalue weighted by Gasteiger charge is 2.08. The molecule has 5 nitrogen and oxygen atoms in total. The number of amides is 2. The molecule has 112 valence electrons. The Bertz CT molecular complexity index is 603. The fourth-order valence-electron chi connectivity index (χ4n) is 1.86. The van der Waals surface area contributed by atoms with Crippen LogP contribution in [0.1, 0.15) is 12.5 Å². The van der Waals surface area contributed by atoms with Crippen LogP contribution in [0.15, 0.2) is 36.9 Å². The number of nitrogens with zero attached hydrogens (tertiary/aromatic N) is 2. The van der Waals surface area contributed by atoms with Crippen molar-refractivity contribution in [1.29, 1.82) is 0 Å². The molecule has 0 spiro atoms. The lowest BCUT2D eigenvalue weighted by molar-refractivity contribution is 0.236. The smallest absolute Gasteiger partial charge is 0.315 e. The highest BCUT2D eigenvalue weighted by molar-refractivity contribution is 6.30. The minimum Gasteiger partial charge on any atom is -0.335 e. The number of carbonyl (C=O) groups excluding carboxylic acids is 1. The molecule has 0 fully saturated rings. The molecular formula is C14H16ClFN4O. The van der Waals surface area contributed by atoms with Gasteiger partial charge in [-0.15, -0.1) is 0 Å². The molecule has 0 aliphatic rings. The van der Waals surface area contributed by atoms with Crippen molar-refractivity contribution in [2.24, 2.45) is 0 Å². The molecule has 0 aliphatic heterocycles. The molecule has 0 bridgehead atoms. The first-order chi connectivity index (χ1) is 10.0. The van der Waals surface area contributed by atoms with Gasteiger partial charge < -0.3 is 15.2 Å². The van der Waals surface area contributed by atoms with Crippen LogP contribution in [0.25, 0.3) is 0 Å². The van der Waals surface area contributed by atoms with Crippen LogP contribution in [-0.4, -0.2) is 21.6 Å². The van der Waals surface area contributed by atoms with E-state index in [2.05, 4.69) is 15.6 Å². The molecule has 2 N–H and O–H groups in total. The summed E-state index contributed by atoms with van der Waals surface area (Å²) >= 11 is 5.68. The fourth-order valence-corrected chi connectivity index (χ4v) is 2.07. The molecule has 2 aromatic rings. The average Bonchev–Trinajstić information content (AvgIpc) is 2.92. The molecule has 2 amide bonds. The monoisotopic (exact) mass is 310 g/mol. The molecule has 0 saturated heterocycles. The topological polar surface area (TPSA) is 59.0 Å². The van der Waals surface area contributed by atoms with Crippen molar-refractivity contribution in [2.45, 2.75) is 26.1 Å². The van der Waals surface area contributed by atoms with Crippen LogP contribution in [0.2, 0.25) is 5.02 Å². The zero-order chi connectivity index (χ0) is 15.2. The summed E-state index contributed by atoms with van der Waals surface area (Å²) in [4.78, 5) is 15.7. The lowest BCUT2D eigenvalue weighted by atomic mass is 10.2. The van der Waals surface area contributed by atoms with Gasteiger partial charge in [0, 0.05) is 31.5 Å². The molecular weight excluding hydrogens is 295 g/mol. The Morgan fingerprint density at radius 2 is 2.33 bits per heavy atom. The Kier molecular flexibility index (Phi) is 5.16. The predicted molar refractivity (Wildman–Crippen MR) is 78.5 cm³/mol. The molecule has 21 heavy (non-hydrogen) atoms. The zero-order valence-corrected chi connectivity index (χ0v) is 12.3. The average molecular weight is 311 g/mol. The van der Waals surface area contributed by atoms with E-state index in [4.69, 9.17) is 11.6 Å². The zero-order valence-electron chi connectivity index (χ0n) is 11.5. The van der Waals surface area contributed by atoms with Crippen LogP contribution in [0.5, 0.6) is 0 Å². The van der Waals surface area contributed by atoms with Gasteiger partial charge in [0.1, 0.15) is 5.82 Å². The highest BCUT2D eigenvalue weighted by Crippen LogP contribution is 2.15. The van der Waals surface area contributed by atoms with Crippen LogP contribution in [-0.2, 0) is 13.1 Å². The van der Waals surface area contributed by atoms with E-state index in [1.165, 1.54) is 12.1 Å². The number of imidazole rings is 1. The number of benzene rings is 1. The predicted octanol–water partition coefficient (Wildman–Crippen LogP) is 2.56. The second-order valence-electron chi connectivity index (χ2n) is 4.74. The van der Waals surface area contributed by atoms with E-state index in [0.29, 0.717) is 6.54 Å². The Labute approximate surface area is 127 Å². The Morgan fingerprint density at radius 1 is 1.52 bits per heavy atom. The summed E-state index contributed by atoms with van der Waals surface area (Å²) in [6, 6.07) is 4.01. The largest absolute Gasteiger partial charge is 0.335 e. The standard InChI is InChI=1S/C14H16ClFN4O/c1-10(8-20-5-4-17-9-20)19-14(21)18-7-11-2-3-13(16)12(15)6-11/h2-6,9-10H,7-8H2,1H3,(H2,18,19,21)/t10-/m0/s1. The van der Waals surface area contributed by atoms with Gasteiger partial charge in [-0.25, -0.2) is 14.2 Å². The molecule has 1 aromatic carbocycles. The molecule has 2 rings (SSSR count). The summed E-state index contributed by atoms with van der Waals surface area (Å²) in [6.07, 6.45) is 5.21.